The Morgan fingerprint density at radius 1 is 0.340 bits per heavy atom. The zero-order valence-electron chi connectivity index (χ0n) is 26.8. The maximum Gasteiger partial charge on any atom is 0.164 e. The minimum Gasteiger partial charge on any atom is -0.244 e. The molecule has 232 valence electrons. The van der Waals surface area contributed by atoms with Crippen LogP contribution in [0.25, 0.3) is 99.3 Å². The Balaban J connectivity index is 1.17. The maximum absolute atomic E-state index is 5.22. The molecule has 10 rings (SSSR count). The third kappa shape index (κ3) is 4.83. The summed E-state index contributed by atoms with van der Waals surface area (Å²) in [5, 5.41) is 10.3. The Hall–Kier alpha value is -6.85. The minimum absolute atomic E-state index is 0.624. The van der Waals surface area contributed by atoms with Gasteiger partial charge in [-0.3, -0.25) is 0 Å². The quantitative estimate of drug-likeness (QED) is 0.180. The fourth-order valence-corrected chi connectivity index (χ4v) is 7.05. The predicted molar refractivity (Wildman–Crippen MR) is 205 cm³/mol. The molecular formula is C45H27N5. The third-order valence-electron chi connectivity index (χ3n) is 9.59. The van der Waals surface area contributed by atoms with Crippen LogP contribution < -0.4 is 0 Å². The lowest BCUT2D eigenvalue weighted by molar-refractivity contribution is 1.08. The van der Waals surface area contributed by atoms with Gasteiger partial charge in [-0.05, 0) is 90.6 Å². The molecule has 5 nitrogen and oxygen atoms in total. The van der Waals surface area contributed by atoms with Crippen LogP contribution in [0.5, 0.6) is 0 Å². The van der Waals surface area contributed by atoms with Crippen LogP contribution in [-0.2, 0) is 0 Å². The average Bonchev–Trinajstić information content (AvgIpc) is 3.18. The lowest BCUT2D eigenvalue weighted by Gasteiger charge is -2.13. The van der Waals surface area contributed by atoms with Gasteiger partial charge in [0.05, 0.1) is 5.52 Å². The summed E-state index contributed by atoms with van der Waals surface area (Å²) in [7, 11) is 0. The van der Waals surface area contributed by atoms with E-state index in [9.17, 15) is 0 Å². The smallest absolute Gasteiger partial charge is 0.164 e. The Kier molecular flexibility index (Phi) is 6.42. The summed E-state index contributed by atoms with van der Waals surface area (Å²) < 4.78 is 0. The first-order valence-electron chi connectivity index (χ1n) is 16.6. The molecule has 0 aliphatic heterocycles. The van der Waals surface area contributed by atoms with Crippen LogP contribution in [0.3, 0.4) is 0 Å². The number of hydrogen-bond donors (Lipinski definition) is 0. The maximum atomic E-state index is 5.22. The molecule has 0 spiro atoms. The molecule has 2 heterocycles. The molecule has 0 aliphatic carbocycles. The van der Waals surface area contributed by atoms with E-state index < -0.39 is 0 Å². The zero-order valence-corrected chi connectivity index (χ0v) is 26.8. The van der Waals surface area contributed by atoms with E-state index in [0.717, 1.165) is 60.3 Å². The van der Waals surface area contributed by atoms with Gasteiger partial charge in [0.25, 0.3) is 0 Å². The highest BCUT2D eigenvalue weighted by Crippen LogP contribution is 2.35. The summed E-state index contributed by atoms with van der Waals surface area (Å²) >= 11 is 0. The van der Waals surface area contributed by atoms with Crippen molar-refractivity contribution in [2.24, 2.45) is 0 Å². The second-order valence-corrected chi connectivity index (χ2v) is 12.6. The van der Waals surface area contributed by atoms with Crippen molar-refractivity contribution in [1.29, 1.82) is 0 Å². The third-order valence-corrected chi connectivity index (χ3v) is 9.59. The lowest BCUT2D eigenvalue weighted by atomic mass is 9.98. The summed E-state index contributed by atoms with van der Waals surface area (Å²) in [6.45, 7) is 0. The number of nitrogens with zero attached hydrogens (tertiary/aromatic N) is 5. The highest BCUT2D eigenvalue weighted by molar-refractivity contribution is 6.06. The Bertz CT molecular complexity index is 2800. The van der Waals surface area contributed by atoms with Crippen LogP contribution in [0.4, 0.5) is 0 Å². The van der Waals surface area contributed by atoms with Crippen molar-refractivity contribution in [2.45, 2.75) is 0 Å². The fraction of sp³-hybridized carbons (Fsp3) is 0. The van der Waals surface area contributed by atoms with E-state index in [-0.39, 0.29) is 0 Å². The van der Waals surface area contributed by atoms with Gasteiger partial charge in [0.15, 0.2) is 17.5 Å². The average molecular weight is 638 g/mol. The summed E-state index contributed by atoms with van der Waals surface area (Å²) in [5.74, 6) is 1.91. The lowest BCUT2D eigenvalue weighted by Crippen LogP contribution is -2.01. The van der Waals surface area contributed by atoms with Gasteiger partial charge in [0.1, 0.15) is 6.33 Å². The van der Waals surface area contributed by atoms with E-state index in [0.29, 0.717) is 17.5 Å². The number of rotatable bonds is 4. The van der Waals surface area contributed by atoms with Crippen LogP contribution in [0.15, 0.2) is 164 Å². The minimum atomic E-state index is 0.624. The molecule has 8 aromatic carbocycles. The standard InChI is InChI=1S/C45H27N5/c1-3-9-32-24-40-35(21-30(32)7-1)11-5-13-38(40)44-48-43(29-17-15-28(16-18-29)34-19-20-42-37(23-34)26-46-27-47-42)49-45(50-44)39-14-6-12-36-22-31-8-2-4-10-33(31)25-41(36)39/h1-27H. The van der Waals surface area contributed by atoms with Crippen molar-refractivity contribution in [3.8, 4) is 45.3 Å². The van der Waals surface area contributed by atoms with Crippen molar-refractivity contribution in [3.63, 3.8) is 0 Å². The fourth-order valence-electron chi connectivity index (χ4n) is 7.05. The van der Waals surface area contributed by atoms with Crippen molar-refractivity contribution in [3.05, 3.63) is 164 Å². The first kappa shape index (κ1) is 28.2. The molecule has 50 heavy (non-hydrogen) atoms. The number of hydrogen-bond acceptors (Lipinski definition) is 5. The molecule has 0 atom stereocenters. The summed E-state index contributed by atoms with van der Waals surface area (Å²) in [6, 6.07) is 53.3. The van der Waals surface area contributed by atoms with Gasteiger partial charge >= 0.3 is 0 Å². The van der Waals surface area contributed by atoms with Crippen molar-refractivity contribution in [2.75, 3.05) is 0 Å². The Morgan fingerprint density at radius 2 is 0.840 bits per heavy atom. The SMILES string of the molecule is c1ccc2cc3c(-c4nc(-c5ccc(-c6ccc7ncncc7c6)cc5)nc(-c5cccc6cc7ccccc7cc56)n4)cccc3cc2c1. The number of fused-ring (bicyclic) bond motifs is 5. The highest BCUT2D eigenvalue weighted by Gasteiger charge is 2.17. The molecule has 10 aromatic rings. The molecule has 0 fully saturated rings. The monoisotopic (exact) mass is 637 g/mol. The van der Waals surface area contributed by atoms with E-state index in [1.54, 1.807) is 6.33 Å². The topological polar surface area (TPSA) is 64.5 Å². The molecule has 5 heteroatoms. The van der Waals surface area contributed by atoms with Crippen molar-refractivity contribution >= 4 is 54.0 Å². The van der Waals surface area contributed by atoms with Crippen LogP contribution in [-0.4, -0.2) is 24.9 Å². The second-order valence-electron chi connectivity index (χ2n) is 12.6. The molecule has 0 radical (unpaired) electrons. The first-order valence-corrected chi connectivity index (χ1v) is 16.6. The number of benzene rings is 8. The largest absolute Gasteiger partial charge is 0.244 e. The highest BCUT2D eigenvalue weighted by atomic mass is 15.0. The summed E-state index contributed by atoms with van der Waals surface area (Å²) in [6.07, 6.45) is 3.43. The molecule has 0 unspecified atom stereocenters. The molecular weight excluding hydrogens is 611 g/mol. The Labute approximate surface area is 287 Å². The van der Waals surface area contributed by atoms with Gasteiger partial charge in [-0.2, -0.15) is 0 Å². The molecule has 0 N–H and O–H groups in total. The summed E-state index contributed by atoms with van der Waals surface area (Å²) in [5.41, 5.74) is 5.98. The van der Waals surface area contributed by atoms with Crippen LogP contribution in [0.1, 0.15) is 0 Å². The van der Waals surface area contributed by atoms with Gasteiger partial charge < -0.3 is 0 Å². The van der Waals surface area contributed by atoms with E-state index in [1.165, 1.54) is 21.5 Å². The zero-order chi connectivity index (χ0) is 33.0. The molecule has 2 aromatic heterocycles. The van der Waals surface area contributed by atoms with Crippen LogP contribution in [0.2, 0.25) is 0 Å². The Morgan fingerprint density at radius 3 is 1.44 bits per heavy atom. The second kappa shape index (κ2) is 11.4. The number of aromatic nitrogens is 5. The van der Waals surface area contributed by atoms with Crippen LogP contribution >= 0.6 is 0 Å². The van der Waals surface area contributed by atoms with E-state index >= 15 is 0 Å². The van der Waals surface area contributed by atoms with Gasteiger partial charge in [-0.25, -0.2) is 24.9 Å². The first-order chi connectivity index (χ1) is 24.7. The predicted octanol–water partition coefficient (Wildman–Crippen LogP) is 11.1. The van der Waals surface area contributed by atoms with Gasteiger partial charge in [0.2, 0.25) is 0 Å². The van der Waals surface area contributed by atoms with Crippen LogP contribution in [0, 0.1) is 0 Å². The molecule has 0 bridgehead atoms. The molecule has 0 saturated heterocycles. The molecule has 0 amide bonds. The van der Waals surface area contributed by atoms with Crippen molar-refractivity contribution < 1.29 is 0 Å². The van der Waals surface area contributed by atoms with E-state index in [1.807, 2.05) is 12.3 Å². The normalized spacial score (nSPS) is 11.6. The van der Waals surface area contributed by atoms with E-state index in [2.05, 4.69) is 156 Å². The van der Waals surface area contributed by atoms with E-state index in [4.69, 9.17) is 15.0 Å². The molecule has 0 aliphatic rings. The van der Waals surface area contributed by atoms with Gasteiger partial charge in [0, 0.05) is 28.3 Å². The summed E-state index contributed by atoms with van der Waals surface area (Å²) in [4.78, 5) is 24.1. The molecule has 0 saturated carbocycles. The van der Waals surface area contributed by atoms with Gasteiger partial charge in [-0.15, -0.1) is 0 Å². The van der Waals surface area contributed by atoms with Gasteiger partial charge in [-0.1, -0.05) is 115 Å². The van der Waals surface area contributed by atoms with Crippen molar-refractivity contribution in [1.82, 2.24) is 24.9 Å².